The number of rotatable bonds is 12. The maximum absolute atomic E-state index is 14.5. The molecule has 0 atom stereocenters. The highest BCUT2D eigenvalue weighted by Gasteiger charge is 2.25. The van der Waals surface area contributed by atoms with Crippen molar-refractivity contribution in [1.29, 1.82) is 0 Å². The molecule has 3 aromatic rings. The van der Waals surface area contributed by atoms with Gasteiger partial charge in [-0.15, -0.1) is 0 Å². The standard InChI is InChI=1S/C27H30FN9O5S/c28-20-12-18(37-7-4-24(39)34-27(37)41)2-3-21(20)42-16-25(40)29-5-1-6-35-8-10-36(11-9-35)23-13-22(31-17-32-23)33-26-30-14-19(15-38)43-26/h2-3,12-15,17H,1,4-11,16H2,(H,29,40)(H,34,39,41)(H,30,31,32,33). The minimum absolute atomic E-state index is 0.105. The average molecular weight is 612 g/mol. The largest absolute Gasteiger partial charge is 0.481 e. The summed E-state index contributed by atoms with van der Waals surface area (Å²) in [6.45, 7) is 4.32. The summed E-state index contributed by atoms with van der Waals surface area (Å²) in [5.74, 6) is -0.152. The molecule has 2 saturated heterocycles. The van der Waals surface area contributed by atoms with Crippen LogP contribution in [-0.2, 0) is 9.59 Å². The Kier molecular flexibility index (Phi) is 9.68. The minimum Gasteiger partial charge on any atom is -0.481 e. The summed E-state index contributed by atoms with van der Waals surface area (Å²) in [5, 5.41) is 8.66. The third-order valence-corrected chi connectivity index (χ3v) is 7.67. The zero-order valence-electron chi connectivity index (χ0n) is 23.1. The van der Waals surface area contributed by atoms with E-state index in [9.17, 15) is 23.6 Å². The first-order valence-electron chi connectivity index (χ1n) is 13.7. The van der Waals surface area contributed by atoms with Crippen molar-refractivity contribution < 1.29 is 28.3 Å². The SMILES string of the molecule is O=Cc1cnc(Nc2cc(N3CCN(CCCNC(=O)COc4ccc(N5CCC(=O)NC5=O)cc4F)CC3)ncn2)s1. The maximum Gasteiger partial charge on any atom is 0.328 e. The molecule has 0 aliphatic carbocycles. The molecule has 2 aromatic heterocycles. The fourth-order valence-electron chi connectivity index (χ4n) is 4.61. The number of carbonyl (C=O) groups excluding carboxylic acids is 4. The van der Waals surface area contributed by atoms with E-state index in [-0.39, 0.29) is 37.1 Å². The predicted octanol–water partition coefficient (Wildman–Crippen LogP) is 1.78. The van der Waals surface area contributed by atoms with E-state index >= 15 is 0 Å². The molecule has 0 saturated carbocycles. The Labute approximate surface area is 250 Å². The quantitative estimate of drug-likeness (QED) is 0.202. The van der Waals surface area contributed by atoms with Gasteiger partial charge < -0.3 is 20.3 Å². The van der Waals surface area contributed by atoms with Crippen LogP contribution in [0.25, 0.3) is 0 Å². The molecule has 2 aliphatic rings. The molecule has 3 N–H and O–H groups in total. The molecule has 226 valence electrons. The predicted molar refractivity (Wildman–Crippen MR) is 156 cm³/mol. The van der Waals surface area contributed by atoms with Crippen LogP contribution in [0.4, 0.5) is 31.6 Å². The number of hydrogen-bond donors (Lipinski definition) is 3. The Bertz CT molecular complexity index is 1480. The number of ether oxygens (including phenoxy) is 1. The Hall–Kier alpha value is -4.70. The Morgan fingerprint density at radius 1 is 1.12 bits per heavy atom. The fourth-order valence-corrected chi connectivity index (χ4v) is 5.25. The van der Waals surface area contributed by atoms with Gasteiger partial charge in [0, 0.05) is 63.5 Å². The van der Waals surface area contributed by atoms with Gasteiger partial charge in [-0.2, -0.15) is 0 Å². The number of nitrogens with zero attached hydrogens (tertiary/aromatic N) is 6. The number of carbonyl (C=O) groups is 4. The second kappa shape index (κ2) is 14.0. The van der Waals surface area contributed by atoms with Gasteiger partial charge in [0.25, 0.3) is 5.91 Å². The van der Waals surface area contributed by atoms with Gasteiger partial charge in [0.1, 0.15) is 18.0 Å². The lowest BCUT2D eigenvalue weighted by molar-refractivity contribution is -0.123. The van der Waals surface area contributed by atoms with Crippen LogP contribution in [0.3, 0.4) is 0 Å². The molecule has 14 nitrogen and oxygen atoms in total. The number of thiazole rings is 1. The first kappa shape index (κ1) is 29.8. The van der Waals surface area contributed by atoms with Gasteiger partial charge in [-0.1, -0.05) is 11.3 Å². The van der Waals surface area contributed by atoms with E-state index in [4.69, 9.17) is 4.74 Å². The molecule has 4 heterocycles. The highest BCUT2D eigenvalue weighted by molar-refractivity contribution is 7.17. The van der Waals surface area contributed by atoms with Crippen molar-refractivity contribution in [1.82, 2.24) is 30.5 Å². The lowest BCUT2D eigenvalue weighted by Crippen LogP contribution is -2.49. The van der Waals surface area contributed by atoms with Crippen LogP contribution < -0.4 is 30.5 Å². The number of anilines is 4. The second-order valence-electron chi connectivity index (χ2n) is 9.76. The highest BCUT2D eigenvalue weighted by atomic mass is 32.1. The fraction of sp³-hybridized carbons (Fsp3) is 0.370. The van der Waals surface area contributed by atoms with Crippen molar-refractivity contribution in [3.8, 4) is 5.75 Å². The Morgan fingerprint density at radius 2 is 1.95 bits per heavy atom. The number of hydrogen-bond acceptors (Lipinski definition) is 12. The summed E-state index contributed by atoms with van der Waals surface area (Å²) in [5.41, 5.74) is 0.292. The van der Waals surface area contributed by atoms with Gasteiger partial charge in [-0.05, 0) is 25.1 Å². The molecular formula is C27H30FN9O5S. The van der Waals surface area contributed by atoms with Crippen molar-refractivity contribution in [2.75, 3.05) is 67.5 Å². The number of aldehydes is 1. The summed E-state index contributed by atoms with van der Waals surface area (Å²) in [6, 6.07) is 5.23. The molecule has 4 amide bonds. The first-order valence-corrected chi connectivity index (χ1v) is 14.5. The molecule has 16 heteroatoms. The molecule has 0 unspecified atom stereocenters. The Morgan fingerprint density at radius 3 is 2.70 bits per heavy atom. The summed E-state index contributed by atoms with van der Waals surface area (Å²) in [6.07, 6.45) is 4.63. The number of benzene rings is 1. The smallest absolute Gasteiger partial charge is 0.328 e. The van der Waals surface area contributed by atoms with Crippen molar-refractivity contribution in [2.45, 2.75) is 12.8 Å². The van der Waals surface area contributed by atoms with Crippen LogP contribution in [0.5, 0.6) is 5.75 Å². The number of piperazine rings is 1. The normalized spacial score (nSPS) is 15.7. The third kappa shape index (κ3) is 7.98. The number of aromatic nitrogens is 3. The van der Waals surface area contributed by atoms with Crippen LogP contribution in [0, 0.1) is 5.82 Å². The number of urea groups is 1. The van der Waals surface area contributed by atoms with E-state index in [0.29, 0.717) is 28.1 Å². The van der Waals surface area contributed by atoms with E-state index in [1.807, 2.05) is 6.07 Å². The molecular weight excluding hydrogens is 581 g/mol. The first-order chi connectivity index (χ1) is 20.9. The van der Waals surface area contributed by atoms with Crippen molar-refractivity contribution >= 4 is 57.9 Å². The van der Waals surface area contributed by atoms with Crippen LogP contribution >= 0.6 is 11.3 Å². The van der Waals surface area contributed by atoms with Gasteiger partial charge in [-0.3, -0.25) is 29.5 Å². The van der Waals surface area contributed by atoms with Crippen molar-refractivity contribution in [2.24, 2.45) is 0 Å². The van der Waals surface area contributed by atoms with E-state index in [0.717, 1.165) is 57.3 Å². The van der Waals surface area contributed by atoms with Crippen LogP contribution in [0.1, 0.15) is 22.5 Å². The van der Waals surface area contributed by atoms with Crippen molar-refractivity contribution in [3.05, 3.63) is 47.5 Å². The maximum atomic E-state index is 14.5. The van der Waals surface area contributed by atoms with Gasteiger partial charge in [-0.25, -0.2) is 24.1 Å². The second-order valence-corrected chi connectivity index (χ2v) is 10.8. The summed E-state index contributed by atoms with van der Waals surface area (Å²) in [4.78, 5) is 65.4. The topological polar surface area (TPSA) is 162 Å². The minimum atomic E-state index is -0.712. The lowest BCUT2D eigenvalue weighted by atomic mass is 10.2. The monoisotopic (exact) mass is 611 g/mol. The Balaban J connectivity index is 0.982. The summed E-state index contributed by atoms with van der Waals surface area (Å²) in [7, 11) is 0. The van der Waals surface area contributed by atoms with E-state index in [1.165, 1.54) is 40.9 Å². The molecule has 1 aromatic carbocycles. The summed E-state index contributed by atoms with van der Waals surface area (Å²) >= 11 is 1.25. The van der Waals surface area contributed by atoms with Gasteiger partial charge in [0.05, 0.1) is 11.1 Å². The van der Waals surface area contributed by atoms with Crippen molar-refractivity contribution in [3.63, 3.8) is 0 Å². The number of nitrogens with one attached hydrogen (secondary N) is 3. The molecule has 0 spiro atoms. The average Bonchev–Trinajstić information content (AvgIpc) is 3.46. The van der Waals surface area contributed by atoms with Crippen LogP contribution in [-0.4, -0.2) is 96.4 Å². The van der Waals surface area contributed by atoms with Crippen LogP contribution in [0.15, 0.2) is 36.8 Å². The molecule has 0 bridgehead atoms. The zero-order chi connectivity index (χ0) is 30.2. The molecule has 5 rings (SSSR count). The molecule has 2 fully saturated rings. The number of amides is 4. The number of imide groups is 1. The van der Waals surface area contributed by atoms with E-state index in [1.54, 1.807) is 0 Å². The van der Waals surface area contributed by atoms with Gasteiger partial charge >= 0.3 is 6.03 Å². The van der Waals surface area contributed by atoms with Crippen LogP contribution in [0.2, 0.25) is 0 Å². The lowest BCUT2D eigenvalue weighted by Gasteiger charge is -2.35. The molecule has 43 heavy (non-hydrogen) atoms. The zero-order valence-corrected chi connectivity index (χ0v) is 23.9. The van der Waals surface area contributed by atoms with Gasteiger partial charge in [0.15, 0.2) is 29.6 Å². The van der Waals surface area contributed by atoms with E-state index in [2.05, 4.69) is 40.7 Å². The van der Waals surface area contributed by atoms with E-state index < -0.39 is 11.8 Å². The third-order valence-electron chi connectivity index (χ3n) is 6.84. The number of halogens is 1. The molecule has 0 radical (unpaired) electrons. The van der Waals surface area contributed by atoms with Gasteiger partial charge in [0.2, 0.25) is 5.91 Å². The highest BCUT2D eigenvalue weighted by Crippen LogP contribution is 2.25. The molecule has 2 aliphatic heterocycles. The summed E-state index contributed by atoms with van der Waals surface area (Å²) < 4.78 is 19.8.